The number of halogens is 1. The van der Waals surface area contributed by atoms with Gasteiger partial charge >= 0.3 is 0 Å². The number of nitrogens with one attached hydrogen (secondary N) is 2. The molecule has 4 aromatic rings. The van der Waals surface area contributed by atoms with E-state index in [2.05, 4.69) is 10.6 Å². The molecule has 3 aromatic carbocycles. The predicted octanol–water partition coefficient (Wildman–Crippen LogP) is 5.62. The van der Waals surface area contributed by atoms with Crippen LogP contribution < -0.4 is 10.6 Å². The van der Waals surface area contributed by atoms with Crippen LogP contribution in [0.5, 0.6) is 0 Å². The summed E-state index contributed by atoms with van der Waals surface area (Å²) >= 11 is 0. The first-order valence-corrected chi connectivity index (χ1v) is 12.8. The third kappa shape index (κ3) is 7.54. The van der Waals surface area contributed by atoms with Crippen LogP contribution in [-0.4, -0.2) is 22.6 Å². The van der Waals surface area contributed by atoms with Crippen molar-refractivity contribution in [2.45, 2.75) is 33.0 Å². The van der Waals surface area contributed by atoms with Crippen LogP contribution >= 0.6 is 0 Å². The fourth-order valence-corrected chi connectivity index (χ4v) is 4.16. The zero-order valence-corrected chi connectivity index (χ0v) is 22.3. The predicted molar refractivity (Wildman–Crippen MR) is 150 cm³/mol. The number of aryl methyl sites for hydroxylation is 2. The van der Waals surface area contributed by atoms with E-state index in [4.69, 9.17) is 4.42 Å². The van der Waals surface area contributed by atoms with Crippen molar-refractivity contribution in [3.8, 4) is 0 Å². The third-order valence-electron chi connectivity index (χ3n) is 6.21. The van der Waals surface area contributed by atoms with E-state index in [0.29, 0.717) is 17.0 Å². The Morgan fingerprint density at radius 3 is 2.38 bits per heavy atom. The Labute approximate surface area is 232 Å². The van der Waals surface area contributed by atoms with Crippen LogP contribution in [0.3, 0.4) is 0 Å². The van der Waals surface area contributed by atoms with Crippen LogP contribution in [0.25, 0.3) is 0 Å². The van der Waals surface area contributed by atoms with Gasteiger partial charge in [0.1, 0.15) is 17.6 Å². The normalized spacial score (nSPS) is 11.7. The summed E-state index contributed by atoms with van der Waals surface area (Å²) in [6, 6.07) is 22.8. The maximum absolute atomic E-state index is 14.7. The molecule has 0 unspecified atom stereocenters. The van der Waals surface area contributed by atoms with Gasteiger partial charge in [0.25, 0.3) is 0 Å². The van der Waals surface area contributed by atoms with Gasteiger partial charge in [-0.3, -0.25) is 14.4 Å². The highest BCUT2D eigenvalue weighted by Crippen LogP contribution is 2.26. The first-order valence-electron chi connectivity index (χ1n) is 12.8. The summed E-state index contributed by atoms with van der Waals surface area (Å²) in [5.41, 5.74) is 3.28. The van der Waals surface area contributed by atoms with E-state index in [1.54, 1.807) is 54.6 Å². The molecule has 0 aliphatic rings. The van der Waals surface area contributed by atoms with E-state index < -0.39 is 29.6 Å². The first-order chi connectivity index (χ1) is 19.3. The SMILES string of the molecule is Cc1ccc([C@H](C(=O)NCc2ccco2)N(Cc2ccccc2F)C(=O)/C=C\C(=O)Nc2cccc(C)c2)cc1. The van der Waals surface area contributed by atoms with E-state index in [1.165, 1.54) is 17.2 Å². The zero-order chi connectivity index (χ0) is 28.5. The van der Waals surface area contributed by atoms with Gasteiger partial charge in [0, 0.05) is 23.4 Å². The second-order valence-corrected chi connectivity index (χ2v) is 9.36. The highest BCUT2D eigenvalue weighted by molar-refractivity contribution is 6.04. The number of carbonyl (C=O) groups is 3. The van der Waals surface area contributed by atoms with Gasteiger partial charge in [0.05, 0.1) is 19.4 Å². The fourth-order valence-electron chi connectivity index (χ4n) is 4.16. The van der Waals surface area contributed by atoms with Crippen LogP contribution in [0.15, 0.2) is 108 Å². The Bertz CT molecular complexity index is 1500. The lowest BCUT2D eigenvalue weighted by Crippen LogP contribution is -2.43. The monoisotopic (exact) mass is 539 g/mol. The number of nitrogens with zero attached hydrogens (tertiary/aromatic N) is 1. The lowest BCUT2D eigenvalue weighted by molar-refractivity contribution is -0.138. The Hall–Kier alpha value is -4.98. The topological polar surface area (TPSA) is 91.7 Å². The number of furan rings is 1. The van der Waals surface area contributed by atoms with Crippen molar-refractivity contribution < 1.29 is 23.2 Å². The molecule has 7 nitrogen and oxygen atoms in total. The minimum absolute atomic E-state index is 0.102. The summed E-state index contributed by atoms with van der Waals surface area (Å²) < 4.78 is 20.0. The van der Waals surface area contributed by atoms with Gasteiger partial charge in [-0.05, 0) is 55.3 Å². The summed E-state index contributed by atoms with van der Waals surface area (Å²) in [5, 5.41) is 5.53. The molecule has 0 radical (unpaired) electrons. The van der Waals surface area contributed by atoms with Crippen LogP contribution in [0, 0.1) is 19.7 Å². The standard InChI is InChI=1S/C32H30FN3O4/c1-22-12-14-24(15-13-22)31(32(39)34-20-27-10-6-18-40-27)36(21-25-8-3-4-11-28(25)33)30(38)17-16-29(37)35-26-9-5-7-23(2)19-26/h3-19,31H,20-21H2,1-2H3,(H,34,39)(H,35,37)/b17-16-/t31-/m1/s1. The number of amides is 3. The van der Waals surface area contributed by atoms with E-state index >= 15 is 0 Å². The van der Waals surface area contributed by atoms with Crippen LogP contribution in [-0.2, 0) is 27.5 Å². The number of hydrogen-bond donors (Lipinski definition) is 2. The lowest BCUT2D eigenvalue weighted by atomic mass is 10.0. The Balaban J connectivity index is 1.65. The summed E-state index contributed by atoms with van der Waals surface area (Å²) in [6.07, 6.45) is 3.69. The fraction of sp³-hybridized carbons (Fsp3) is 0.156. The summed E-state index contributed by atoms with van der Waals surface area (Å²) in [4.78, 5) is 41.1. The minimum atomic E-state index is -1.12. The van der Waals surface area contributed by atoms with Crippen molar-refractivity contribution >= 4 is 23.4 Å². The maximum atomic E-state index is 14.7. The average Bonchev–Trinajstić information content (AvgIpc) is 3.46. The molecule has 1 atom stereocenters. The van der Waals surface area contributed by atoms with Gasteiger partial charge < -0.3 is 20.0 Å². The largest absolute Gasteiger partial charge is 0.467 e. The minimum Gasteiger partial charge on any atom is -0.467 e. The maximum Gasteiger partial charge on any atom is 0.248 e. The van der Waals surface area contributed by atoms with Gasteiger partial charge in [-0.2, -0.15) is 0 Å². The third-order valence-corrected chi connectivity index (χ3v) is 6.21. The first kappa shape index (κ1) is 28.0. The van der Waals surface area contributed by atoms with Gasteiger partial charge in [-0.1, -0.05) is 60.2 Å². The quantitative estimate of drug-likeness (QED) is 0.256. The molecule has 0 saturated carbocycles. The van der Waals surface area contributed by atoms with Crippen LogP contribution in [0.2, 0.25) is 0 Å². The molecule has 0 aliphatic heterocycles. The summed E-state index contributed by atoms with van der Waals surface area (Å²) in [6.45, 7) is 3.71. The molecule has 1 aromatic heterocycles. The Morgan fingerprint density at radius 1 is 0.900 bits per heavy atom. The molecule has 0 aliphatic carbocycles. The highest BCUT2D eigenvalue weighted by atomic mass is 19.1. The average molecular weight is 540 g/mol. The molecule has 0 bridgehead atoms. The number of carbonyl (C=O) groups excluding carboxylic acids is 3. The van der Waals surface area contributed by atoms with E-state index in [0.717, 1.165) is 23.3 Å². The van der Waals surface area contributed by atoms with Gasteiger partial charge in [0.2, 0.25) is 17.7 Å². The second-order valence-electron chi connectivity index (χ2n) is 9.36. The molecule has 3 amide bonds. The highest BCUT2D eigenvalue weighted by Gasteiger charge is 2.31. The molecule has 8 heteroatoms. The van der Waals surface area contributed by atoms with E-state index in [9.17, 15) is 18.8 Å². The van der Waals surface area contributed by atoms with Crippen molar-refractivity contribution in [3.63, 3.8) is 0 Å². The number of anilines is 1. The molecule has 40 heavy (non-hydrogen) atoms. The van der Waals surface area contributed by atoms with E-state index in [1.807, 2.05) is 38.1 Å². The summed E-state index contributed by atoms with van der Waals surface area (Å²) in [7, 11) is 0. The summed E-state index contributed by atoms with van der Waals surface area (Å²) in [5.74, 6) is -1.61. The number of rotatable bonds is 10. The van der Waals surface area contributed by atoms with Gasteiger partial charge in [0.15, 0.2) is 0 Å². The van der Waals surface area contributed by atoms with Crippen LogP contribution in [0.4, 0.5) is 10.1 Å². The van der Waals surface area contributed by atoms with Gasteiger partial charge in [-0.25, -0.2) is 4.39 Å². The van der Waals surface area contributed by atoms with Gasteiger partial charge in [-0.15, -0.1) is 0 Å². The van der Waals surface area contributed by atoms with Crippen molar-refractivity contribution in [1.29, 1.82) is 0 Å². The molecule has 0 fully saturated rings. The molecule has 2 N–H and O–H groups in total. The smallest absolute Gasteiger partial charge is 0.248 e. The Morgan fingerprint density at radius 2 is 1.68 bits per heavy atom. The van der Waals surface area contributed by atoms with Crippen LogP contribution in [0.1, 0.15) is 34.1 Å². The van der Waals surface area contributed by atoms with Crippen molar-refractivity contribution in [2.75, 3.05) is 5.32 Å². The van der Waals surface area contributed by atoms with Crippen molar-refractivity contribution in [1.82, 2.24) is 10.2 Å². The number of hydrogen-bond acceptors (Lipinski definition) is 4. The Kier molecular flexibility index (Phi) is 9.25. The molecular formula is C32H30FN3O4. The second kappa shape index (κ2) is 13.2. The molecule has 0 saturated heterocycles. The molecular weight excluding hydrogens is 509 g/mol. The van der Waals surface area contributed by atoms with E-state index in [-0.39, 0.29) is 18.7 Å². The number of benzene rings is 3. The zero-order valence-electron chi connectivity index (χ0n) is 22.3. The molecule has 4 rings (SSSR count). The molecule has 204 valence electrons. The molecule has 1 heterocycles. The van der Waals surface area contributed by atoms with Crippen molar-refractivity contribution in [3.05, 3.63) is 137 Å². The van der Waals surface area contributed by atoms with Crippen molar-refractivity contribution in [2.24, 2.45) is 0 Å². The molecule has 0 spiro atoms. The lowest BCUT2D eigenvalue weighted by Gasteiger charge is -2.31.